The summed E-state index contributed by atoms with van der Waals surface area (Å²) in [5.74, 6) is 0.988. The Balaban J connectivity index is 4.36. The van der Waals surface area contributed by atoms with Crippen molar-refractivity contribution in [2.75, 3.05) is 0 Å². The quantitative estimate of drug-likeness (QED) is 0.189. The fourth-order valence-corrected chi connectivity index (χ4v) is 2.85. The molecule has 0 aromatic heterocycles. The molecule has 0 fully saturated rings. The van der Waals surface area contributed by atoms with Crippen molar-refractivity contribution in [1.82, 2.24) is 0 Å². The Labute approximate surface area is 170 Å². The fourth-order valence-electron chi connectivity index (χ4n) is 2.85. The number of rotatable bonds is 12. The normalized spacial score (nSPS) is 14.0. The van der Waals surface area contributed by atoms with Crippen LogP contribution in [0.2, 0.25) is 0 Å². The van der Waals surface area contributed by atoms with E-state index in [-0.39, 0.29) is 5.60 Å². The Bertz CT molecular complexity index is 590. The van der Waals surface area contributed by atoms with E-state index >= 15 is 0 Å². The molecule has 0 unspecified atom stereocenters. The van der Waals surface area contributed by atoms with Crippen LogP contribution in [-0.2, 0) is 4.74 Å². The molecule has 0 amide bonds. The van der Waals surface area contributed by atoms with Crippen molar-refractivity contribution in [3.05, 3.63) is 58.4 Å². The molecule has 0 N–H and O–H groups in total. The van der Waals surface area contributed by atoms with E-state index in [0.29, 0.717) is 0 Å². The standard InChI is InChI=1S/C26H44O/c1-20(2)14-11-15-22(5)16-12-17-23(6)18-13-19-26(9,10)27-25(8)24(7)21(3)4/h14,16,18H,3,11-13,15,17,19H2,1-2,4-10H3/b22-16+,23-18+,25-24+. The van der Waals surface area contributed by atoms with Gasteiger partial charge in [0.1, 0.15) is 5.60 Å². The van der Waals surface area contributed by atoms with Crippen LogP contribution in [-0.4, -0.2) is 5.60 Å². The molecule has 0 rings (SSSR count). The van der Waals surface area contributed by atoms with Crippen LogP contribution in [0, 0.1) is 0 Å². The van der Waals surface area contributed by atoms with Crippen molar-refractivity contribution in [1.29, 1.82) is 0 Å². The van der Waals surface area contributed by atoms with Crippen LogP contribution in [0.1, 0.15) is 101 Å². The van der Waals surface area contributed by atoms with Crippen molar-refractivity contribution < 1.29 is 4.74 Å². The van der Waals surface area contributed by atoms with Gasteiger partial charge in [-0.05, 0) is 106 Å². The van der Waals surface area contributed by atoms with Gasteiger partial charge in [-0.1, -0.05) is 47.1 Å². The van der Waals surface area contributed by atoms with Gasteiger partial charge in [-0.2, -0.15) is 0 Å². The lowest BCUT2D eigenvalue weighted by Crippen LogP contribution is -2.23. The second-order valence-corrected chi connectivity index (χ2v) is 8.82. The molecule has 27 heavy (non-hydrogen) atoms. The van der Waals surface area contributed by atoms with Gasteiger partial charge in [-0.3, -0.25) is 0 Å². The van der Waals surface area contributed by atoms with Gasteiger partial charge in [0.25, 0.3) is 0 Å². The molecule has 0 heterocycles. The minimum Gasteiger partial charge on any atom is -0.492 e. The third-order valence-corrected chi connectivity index (χ3v) is 4.96. The van der Waals surface area contributed by atoms with Crippen LogP contribution < -0.4 is 0 Å². The van der Waals surface area contributed by atoms with Gasteiger partial charge in [0.05, 0.1) is 5.76 Å². The Hall–Kier alpha value is -1.50. The fraction of sp³-hybridized carbons (Fsp3) is 0.615. The van der Waals surface area contributed by atoms with Crippen LogP contribution in [0.5, 0.6) is 0 Å². The van der Waals surface area contributed by atoms with E-state index < -0.39 is 0 Å². The summed E-state index contributed by atoms with van der Waals surface area (Å²) in [5, 5.41) is 0. The first-order valence-electron chi connectivity index (χ1n) is 10.4. The molecule has 0 aromatic rings. The lowest BCUT2D eigenvalue weighted by molar-refractivity contribution is 0.0278. The zero-order chi connectivity index (χ0) is 21.0. The number of ether oxygens (including phenoxy) is 1. The molecule has 0 saturated carbocycles. The van der Waals surface area contributed by atoms with Crippen LogP contribution >= 0.6 is 0 Å². The van der Waals surface area contributed by atoms with Gasteiger partial charge in [-0.25, -0.2) is 0 Å². The van der Waals surface area contributed by atoms with Crippen LogP contribution in [0.15, 0.2) is 58.4 Å². The average molecular weight is 373 g/mol. The average Bonchev–Trinajstić information content (AvgIpc) is 2.52. The summed E-state index contributed by atoms with van der Waals surface area (Å²) in [6.07, 6.45) is 13.8. The molecule has 0 bridgehead atoms. The van der Waals surface area contributed by atoms with Gasteiger partial charge in [0.2, 0.25) is 0 Å². The zero-order valence-corrected chi connectivity index (χ0v) is 19.6. The van der Waals surface area contributed by atoms with E-state index in [1.807, 2.05) is 13.8 Å². The Morgan fingerprint density at radius 2 is 1.26 bits per heavy atom. The monoisotopic (exact) mass is 372 g/mol. The first-order chi connectivity index (χ1) is 12.4. The topological polar surface area (TPSA) is 9.23 Å². The van der Waals surface area contributed by atoms with E-state index in [2.05, 4.69) is 73.3 Å². The molecule has 0 aromatic carbocycles. The number of hydrogen-bond donors (Lipinski definition) is 0. The zero-order valence-electron chi connectivity index (χ0n) is 19.6. The molecular formula is C26H44O. The van der Waals surface area contributed by atoms with Crippen molar-refractivity contribution in [2.24, 2.45) is 0 Å². The Morgan fingerprint density at radius 1 is 0.778 bits per heavy atom. The summed E-state index contributed by atoms with van der Waals surface area (Å²) in [7, 11) is 0. The van der Waals surface area contributed by atoms with E-state index in [1.165, 1.54) is 23.1 Å². The van der Waals surface area contributed by atoms with Crippen LogP contribution in [0.4, 0.5) is 0 Å². The summed E-state index contributed by atoms with van der Waals surface area (Å²) >= 11 is 0. The molecule has 0 radical (unpaired) electrons. The Kier molecular flexibility index (Phi) is 12.1. The van der Waals surface area contributed by atoms with E-state index in [1.54, 1.807) is 0 Å². The highest BCUT2D eigenvalue weighted by Gasteiger charge is 2.19. The Morgan fingerprint density at radius 3 is 1.74 bits per heavy atom. The van der Waals surface area contributed by atoms with E-state index in [4.69, 9.17) is 4.74 Å². The van der Waals surface area contributed by atoms with Gasteiger partial charge < -0.3 is 4.74 Å². The van der Waals surface area contributed by atoms with Crippen molar-refractivity contribution in [2.45, 2.75) is 106 Å². The lowest BCUT2D eigenvalue weighted by atomic mass is 9.99. The minimum absolute atomic E-state index is 0.154. The van der Waals surface area contributed by atoms with Crippen molar-refractivity contribution >= 4 is 0 Å². The molecule has 0 aliphatic rings. The molecule has 154 valence electrons. The molecule has 0 aliphatic heterocycles. The maximum Gasteiger partial charge on any atom is 0.103 e. The maximum absolute atomic E-state index is 6.18. The van der Waals surface area contributed by atoms with Crippen LogP contribution in [0.3, 0.4) is 0 Å². The second-order valence-electron chi connectivity index (χ2n) is 8.82. The molecular weight excluding hydrogens is 328 g/mol. The highest BCUT2D eigenvalue weighted by Crippen LogP contribution is 2.24. The number of hydrogen-bond acceptors (Lipinski definition) is 1. The summed E-state index contributed by atoms with van der Waals surface area (Å²) < 4.78 is 6.18. The van der Waals surface area contributed by atoms with Gasteiger partial charge >= 0.3 is 0 Å². The maximum atomic E-state index is 6.18. The molecule has 1 nitrogen and oxygen atoms in total. The second kappa shape index (κ2) is 12.8. The van der Waals surface area contributed by atoms with Gasteiger partial charge in [0.15, 0.2) is 0 Å². The van der Waals surface area contributed by atoms with Crippen molar-refractivity contribution in [3.8, 4) is 0 Å². The highest BCUT2D eigenvalue weighted by molar-refractivity contribution is 5.26. The van der Waals surface area contributed by atoms with Crippen molar-refractivity contribution in [3.63, 3.8) is 0 Å². The van der Waals surface area contributed by atoms with Crippen LogP contribution in [0.25, 0.3) is 0 Å². The predicted octanol–water partition coefficient (Wildman–Crippen LogP) is 8.85. The summed E-state index contributed by atoms with van der Waals surface area (Å²) in [5.41, 5.74) is 6.46. The summed E-state index contributed by atoms with van der Waals surface area (Å²) in [4.78, 5) is 0. The third kappa shape index (κ3) is 13.3. The van der Waals surface area contributed by atoms with Gasteiger partial charge in [-0.15, -0.1) is 0 Å². The van der Waals surface area contributed by atoms with Gasteiger partial charge in [0, 0.05) is 0 Å². The summed E-state index contributed by atoms with van der Waals surface area (Å²) in [6, 6.07) is 0. The summed E-state index contributed by atoms with van der Waals surface area (Å²) in [6.45, 7) is 23.3. The predicted molar refractivity (Wildman–Crippen MR) is 123 cm³/mol. The minimum atomic E-state index is -0.154. The molecule has 0 aliphatic carbocycles. The first kappa shape index (κ1) is 25.5. The smallest absolute Gasteiger partial charge is 0.103 e. The molecule has 1 heteroatoms. The third-order valence-electron chi connectivity index (χ3n) is 4.96. The first-order valence-corrected chi connectivity index (χ1v) is 10.4. The SMILES string of the molecule is C=C(C)/C(C)=C(\C)OC(C)(C)CC/C=C(\C)CC/C=C(\C)CCC=C(C)C. The number of allylic oxidation sites excluding steroid dienone is 9. The van der Waals surface area contributed by atoms with E-state index in [0.717, 1.165) is 49.0 Å². The highest BCUT2D eigenvalue weighted by atomic mass is 16.5. The molecule has 0 spiro atoms. The molecule has 0 saturated heterocycles. The molecule has 0 atom stereocenters. The lowest BCUT2D eigenvalue weighted by Gasteiger charge is -2.27. The van der Waals surface area contributed by atoms with E-state index in [9.17, 15) is 0 Å². The largest absolute Gasteiger partial charge is 0.492 e.